The molecule has 2 aromatic heterocycles. The molecular formula is C15H23N3OS. The van der Waals surface area contributed by atoms with E-state index in [9.17, 15) is 4.79 Å². The number of aryl methyl sites for hydroxylation is 2. The van der Waals surface area contributed by atoms with Gasteiger partial charge in [-0.2, -0.15) is 0 Å². The molecule has 20 heavy (non-hydrogen) atoms. The molecule has 0 bridgehead atoms. The van der Waals surface area contributed by atoms with Gasteiger partial charge >= 0.3 is 0 Å². The summed E-state index contributed by atoms with van der Waals surface area (Å²) in [5.41, 5.74) is 1.16. The van der Waals surface area contributed by atoms with E-state index >= 15 is 0 Å². The first kappa shape index (κ1) is 15.2. The van der Waals surface area contributed by atoms with Crippen LogP contribution in [-0.2, 0) is 0 Å². The molecule has 0 amide bonds. The first-order chi connectivity index (χ1) is 9.56. The predicted octanol–water partition coefficient (Wildman–Crippen LogP) is 3.03. The second-order valence-corrected chi connectivity index (χ2v) is 6.53. The van der Waals surface area contributed by atoms with E-state index in [1.54, 1.807) is 22.2 Å². The molecule has 1 N–H and O–H groups in total. The van der Waals surface area contributed by atoms with Crippen LogP contribution in [0.25, 0.3) is 10.2 Å². The minimum Gasteiger partial charge on any atom is -0.315 e. The lowest BCUT2D eigenvalue weighted by Gasteiger charge is -2.15. The van der Waals surface area contributed by atoms with Gasteiger partial charge in [0.2, 0.25) is 0 Å². The largest absolute Gasteiger partial charge is 0.315 e. The third-order valence-corrected chi connectivity index (χ3v) is 4.85. The Morgan fingerprint density at radius 1 is 1.45 bits per heavy atom. The van der Waals surface area contributed by atoms with E-state index < -0.39 is 0 Å². The van der Waals surface area contributed by atoms with E-state index in [-0.39, 0.29) is 11.6 Å². The van der Waals surface area contributed by atoms with Gasteiger partial charge in [0.15, 0.2) is 0 Å². The third kappa shape index (κ3) is 2.94. The van der Waals surface area contributed by atoms with Crippen LogP contribution in [0.1, 0.15) is 43.2 Å². The molecule has 0 saturated carbocycles. The maximum absolute atomic E-state index is 12.6. The molecule has 1 unspecified atom stereocenters. The van der Waals surface area contributed by atoms with Crippen molar-refractivity contribution >= 4 is 21.6 Å². The van der Waals surface area contributed by atoms with Crippen molar-refractivity contribution in [2.45, 2.75) is 46.6 Å². The number of aromatic nitrogens is 2. The molecule has 1 atom stereocenters. The van der Waals surface area contributed by atoms with E-state index in [4.69, 9.17) is 0 Å². The number of nitrogens with zero attached hydrogens (tertiary/aromatic N) is 2. The molecule has 0 aliphatic heterocycles. The van der Waals surface area contributed by atoms with E-state index in [0.29, 0.717) is 0 Å². The molecule has 2 aromatic rings. The van der Waals surface area contributed by atoms with Gasteiger partial charge < -0.3 is 5.32 Å². The standard InChI is InChI=1S/C15H23N3OS/c1-5-6-7-16-8-10(2)18-9-17-14-13(15(18)19)11(3)12(4)20-14/h9-10,16H,5-8H2,1-4H3. The Kier molecular flexibility index (Phi) is 4.94. The summed E-state index contributed by atoms with van der Waals surface area (Å²) in [5, 5.41) is 4.18. The number of nitrogens with one attached hydrogen (secondary N) is 1. The van der Waals surface area contributed by atoms with Gasteiger partial charge in [0.05, 0.1) is 11.7 Å². The molecule has 4 nitrogen and oxygen atoms in total. The molecule has 0 spiro atoms. The molecule has 0 aromatic carbocycles. The number of rotatable bonds is 6. The van der Waals surface area contributed by atoms with E-state index in [2.05, 4.69) is 24.1 Å². The molecule has 110 valence electrons. The first-order valence-corrected chi connectivity index (χ1v) is 8.05. The highest BCUT2D eigenvalue weighted by Gasteiger charge is 2.14. The highest BCUT2D eigenvalue weighted by Crippen LogP contribution is 2.25. The van der Waals surface area contributed by atoms with Crippen LogP contribution in [0.15, 0.2) is 11.1 Å². The van der Waals surface area contributed by atoms with Gasteiger partial charge in [-0.3, -0.25) is 9.36 Å². The zero-order valence-corrected chi connectivity index (χ0v) is 13.5. The van der Waals surface area contributed by atoms with Crippen molar-refractivity contribution in [3.63, 3.8) is 0 Å². The lowest BCUT2D eigenvalue weighted by atomic mass is 10.2. The molecule has 0 aliphatic carbocycles. The summed E-state index contributed by atoms with van der Waals surface area (Å²) in [7, 11) is 0. The molecule has 0 radical (unpaired) electrons. The SMILES string of the molecule is CCCCNCC(C)n1cnc2sc(C)c(C)c2c1=O. The Labute approximate surface area is 123 Å². The van der Waals surface area contributed by atoms with Gasteiger partial charge in [0.1, 0.15) is 4.83 Å². The van der Waals surface area contributed by atoms with Crippen molar-refractivity contribution in [2.24, 2.45) is 0 Å². The van der Waals surface area contributed by atoms with Crippen LogP contribution < -0.4 is 10.9 Å². The van der Waals surface area contributed by atoms with Gasteiger partial charge in [-0.1, -0.05) is 13.3 Å². The van der Waals surface area contributed by atoms with Gasteiger partial charge in [-0.15, -0.1) is 11.3 Å². The van der Waals surface area contributed by atoms with Gasteiger partial charge in [0, 0.05) is 17.5 Å². The first-order valence-electron chi connectivity index (χ1n) is 7.23. The lowest BCUT2D eigenvalue weighted by Crippen LogP contribution is -2.31. The maximum atomic E-state index is 12.6. The summed E-state index contributed by atoms with van der Waals surface area (Å²) >= 11 is 1.60. The van der Waals surface area contributed by atoms with E-state index in [1.165, 1.54) is 17.7 Å². The Balaban J connectivity index is 2.24. The van der Waals surface area contributed by atoms with Crippen molar-refractivity contribution in [3.8, 4) is 0 Å². The van der Waals surface area contributed by atoms with E-state index in [1.807, 2.05) is 13.8 Å². The van der Waals surface area contributed by atoms with Crippen molar-refractivity contribution in [3.05, 3.63) is 27.1 Å². The molecule has 2 rings (SSSR count). The predicted molar refractivity (Wildman–Crippen MR) is 85.8 cm³/mol. The number of hydrogen-bond donors (Lipinski definition) is 1. The Bertz CT molecular complexity index is 644. The molecule has 0 aliphatic rings. The highest BCUT2D eigenvalue weighted by molar-refractivity contribution is 7.18. The summed E-state index contributed by atoms with van der Waals surface area (Å²) in [4.78, 5) is 19.1. The van der Waals surface area contributed by atoms with Crippen LogP contribution in [0, 0.1) is 13.8 Å². The summed E-state index contributed by atoms with van der Waals surface area (Å²) in [6, 6.07) is 0.121. The van der Waals surface area contributed by atoms with Crippen LogP contribution in [-0.4, -0.2) is 22.6 Å². The normalized spacial score (nSPS) is 13.0. The monoisotopic (exact) mass is 293 g/mol. The van der Waals surface area contributed by atoms with Crippen molar-refractivity contribution in [1.29, 1.82) is 0 Å². The molecule has 5 heteroatoms. The average molecular weight is 293 g/mol. The van der Waals surface area contributed by atoms with Crippen LogP contribution in [0.2, 0.25) is 0 Å². The summed E-state index contributed by atoms with van der Waals surface area (Å²) < 4.78 is 1.75. The van der Waals surface area contributed by atoms with Crippen LogP contribution in [0.4, 0.5) is 0 Å². The summed E-state index contributed by atoms with van der Waals surface area (Å²) in [6.07, 6.45) is 4.04. The fourth-order valence-electron chi connectivity index (χ4n) is 2.27. The Morgan fingerprint density at radius 2 is 2.20 bits per heavy atom. The average Bonchev–Trinajstić information content (AvgIpc) is 2.71. The maximum Gasteiger partial charge on any atom is 0.262 e. The van der Waals surface area contributed by atoms with Crippen LogP contribution in [0.3, 0.4) is 0 Å². The number of thiophene rings is 1. The second kappa shape index (κ2) is 6.50. The minimum atomic E-state index is 0.0849. The van der Waals surface area contributed by atoms with Crippen LogP contribution in [0.5, 0.6) is 0 Å². The zero-order valence-electron chi connectivity index (χ0n) is 12.7. The topological polar surface area (TPSA) is 46.9 Å². The number of fused-ring (bicyclic) bond motifs is 1. The quantitative estimate of drug-likeness (QED) is 0.833. The third-order valence-electron chi connectivity index (χ3n) is 3.74. The Morgan fingerprint density at radius 3 is 2.90 bits per heavy atom. The lowest BCUT2D eigenvalue weighted by molar-refractivity contribution is 0.475. The van der Waals surface area contributed by atoms with Crippen molar-refractivity contribution < 1.29 is 0 Å². The van der Waals surface area contributed by atoms with Gasteiger partial charge in [-0.25, -0.2) is 4.98 Å². The summed E-state index contributed by atoms with van der Waals surface area (Å²) in [5.74, 6) is 0. The number of hydrogen-bond acceptors (Lipinski definition) is 4. The summed E-state index contributed by atoms with van der Waals surface area (Å²) in [6.45, 7) is 10.1. The second-order valence-electron chi connectivity index (χ2n) is 5.33. The molecular weight excluding hydrogens is 270 g/mol. The molecule has 0 saturated heterocycles. The van der Waals surface area contributed by atoms with Crippen molar-refractivity contribution in [2.75, 3.05) is 13.1 Å². The fraction of sp³-hybridized carbons (Fsp3) is 0.600. The van der Waals surface area contributed by atoms with Crippen LogP contribution >= 0.6 is 11.3 Å². The fourth-order valence-corrected chi connectivity index (χ4v) is 3.26. The molecule has 2 heterocycles. The minimum absolute atomic E-state index is 0.0849. The molecule has 0 fully saturated rings. The zero-order chi connectivity index (χ0) is 14.7. The van der Waals surface area contributed by atoms with Crippen molar-refractivity contribution in [1.82, 2.24) is 14.9 Å². The van der Waals surface area contributed by atoms with E-state index in [0.717, 1.165) is 28.9 Å². The van der Waals surface area contributed by atoms with Gasteiger partial charge in [-0.05, 0) is 39.3 Å². The number of unbranched alkanes of at least 4 members (excludes halogenated alkanes) is 1. The van der Waals surface area contributed by atoms with Gasteiger partial charge in [0.25, 0.3) is 5.56 Å². The smallest absolute Gasteiger partial charge is 0.262 e. The Hall–Kier alpha value is -1.20. The highest BCUT2D eigenvalue weighted by atomic mass is 32.1.